The Morgan fingerprint density at radius 2 is 2.31 bits per heavy atom. The van der Waals surface area contributed by atoms with Crippen molar-refractivity contribution in [1.82, 2.24) is 5.32 Å². The highest BCUT2D eigenvalue weighted by atomic mass is 35.5. The van der Waals surface area contributed by atoms with E-state index in [1.54, 1.807) is 18.9 Å². The van der Waals surface area contributed by atoms with Crippen molar-refractivity contribution in [2.24, 2.45) is 0 Å². The Balaban J connectivity index is 2.71. The molecule has 1 aromatic rings. The molecule has 0 aromatic heterocycles. The van der Waals surface area contributed by atoms with Crippen LogP contribution in [-0.2, 0) is 0 Å². The van der Waals surface area contributed by atoms with E-state index in [4.69, 9.17) is 16.3 Å². The molecule has 0 amide bonds. The fourth-order valence-corrected chi connectivity index (χ4v) is 1.89. The number of hydrogen-bond donors (Lipinski definition) is 1. The van der Waals surface area contributed by atoms with Gasteiger partial charge in [-0.2, -0.15) is 0 Å². The highest BCUT2D eigenvalue weighted by molar-refractivity contribution is 7.99. The second-order valence-electron chi connectivity index (χ2n) is 2.44. The monoisotopic (exact) mass is 217 g/mol. The van der Waals surface area contributed by atoms with Crippen molar-refractivity contribution in [3.63, 3.8) is 0 Å². The summed E-state index contributed by atoms with van der Waals surface area (Å²) in [5.41, 5.74) is 0. The summed E-state index contributed by atoms with van der Waals surface area (Å²) < 4.78 is 5.05. The van der Waals surface area contributed by atoms with Gasteiger partial charge < -0.3 is 10.1 Å². The third-order valence-corrected chi connectivity index (χ3v) is 2.82. The molecule has 0 aliphatic heterocycles. The molecule has 0 heterocycles. The van der Waals surface area contributed by atoms with E-state index >= 15 is 0 Å². The molecule has 4 heteroatoms. The number of nitrogens with one attached hydrogen (secondary N) is 1. The molecule has 0 saturated carbocycles. The predicted octanol–water partition coefficient (Wildman–Crippen LogP) is 2.62. The summed E-state index contributed by atoms with van der Waals surface area (Å²) in [6.07, 6.45) is 0. The molecule has 1 rings (SSSR count). The van der Waals surface area contributed by atoms with Gasteiger partial charge >= 0.3 is 0 Å². The van der Waals surface area contributed by atoms with Gasteiger partial charge in [0.25, 0.3) is 0 Å². The van der Waals surface area contributed by atoms with Crippen LogP contribution in [0.3, 0.4) is 0 Å². The molecule has 0 radical (unpaired) electrons. The normalized spacial score (nSPS) is 10.1. The van der Waals surface area contributed by atoms with Gasteiger partial charge in [-0.25, -0.2) is 0 Å². The van der Waals surface area contributed by atoms with Gasteiger partial charge in [0, 0.05) is 10.8 Å². The first-order valence-electron chi connectivity index (χ1n) is 3.89. The van der Waals surface area contributed by atoms with Gasteiger partial charge in [0.15, 0.2) is 0 Å². The molecule has 0 aliphatic rings. The molecule has 1 aromatic carbocycles. The van der Waals surface area contributed by atoms with Crippen molar-refractivity contribution in [1.29, 1.82) is 0 Å². The summed E-state index contributed by atoms with van der Waals surface area (Å²) in [4.78, 5) is 1.14. The molecule has 72 valence electrons. The van der Waals surface area contributed by atoms with Crippen LogP contribution in [-0.4, -0.2) is 20.0 Å². The van der Waals surface area contributed by atoms with Gasteiger partial charge in [0.05, 0.1) is 12.1 Å². The van der Waals surface area contributed by atoms with Crippen molar-refractivity contribution in [2.45, 2.75) is 4.90 Å². The van der Waals surface area contributed by atoms with Crippen LogP contribution in [0.1, 0.15) is 0 Å². The lowest BCUT2D eigenvalue weighted by Gasteiger charge is -2.05. The minimum atomic E-state index is 0.656. The fourth-order valence-electron chi connectivity index (χ4n) is 0.892. The van der Waals surface area contributed by atoms with Gasteiger partial charge in [0.1, 0.15) is 5.75 Å². The van der Waals surface area contributed by atoms with Crippen LogP contribution in [0, 0.1) is 0 Å². The summed E-state index contributed by atoms with van der Waals surface area (Å²) in [7, 11) is 3.53. The molecule has 0 spiro atoms. The quantitative estimate of drug-likeness (QED) is 0.619. The van der Waals surface area contributed by atoms with Crippen LogP contribution in [0.15, 0.2) is 23.1 Å². The smallest absolute Gasteiger partial charge is 0.137 e. The van der Waals surface area contributed by atoms with Gasteiger partial charge in [0.2, 0.25) is 0 Å². The molecule has 0 unspecified atom stereocenters. The Morgan fingerprint density at radius 3 is 2.85 bits per heavy atom. The van der Waals surface area contributed by atoms with E-state index in [-0.39, 0.29) is 0 Å². The zero-order valence-corrected chi connectivity index (χ0v) is 9.21. The number of methoxy groups -OCH3 is 1. The molecule has 2 nitrogen and oxygen atoms in total. The van der Waals surface area contributed by atoms with Crippen molar-refractivity contribution >= 4 is 23.4 Å². The van der Waals surface area contributed by atoms with Gasteiger partial charge in [-0.15, -0.1) is 11.8 Å². The van der Waals surface area contributed by atoms with Crippen LogP contribution in [0.4, 0.5) is 0 Å². The zero-order valence-electron chi connectivity index (χ0n) is 7.63. The van der Waals surface area contributed by atoms with E-state index in [0.29, 0.717) is 5.02 Å². The topological polar surface area (TPSA) is 21.3 Å². The Morgan fingerprint density at radius 1 is 1.54 bits per heavy atom. The van der Waals surface area contributed by atoms with Crippen molar-refractivity contribution < 1.29 is 4.74 Å². The molecule has 13 heavy (non-hydrogen) atoms. The Kier molecular flexibility index (Phi) is 4.42. The number of thioether (sulfide) groups is 1. The van der Waals surface area contributed by atoms with E-state index in [9.17, 15) is 0 Å². The van der Waals surface area contributed by atoms with E-state index in [1.165, 1.54) is 0 Å². The summed E-state index contributed by atoms with van der Waals surface area (Å²) in [6, 6.07) is 5.77. The van der Waals surface area contributed by atoms with Gasteiger partial charge in [-0.3, -0.25) is 0 Å². The van der Waals surface area contributed by atoms with Crippen LogP contribution in [0.25, 0.3) is 0 Å². The van der Waals surface area contributed by atoms with Crippen molar-refractivity contribution in [2.75, 3.05) is 20.0 Å². The first kappa shape index (κ1) is 10.7. The largest absolute Gasteiger partial charge is 0.495 e. The summed E-state index contributed by atoms with van der Waals surface area (Å²) in [6.45, 7) is 0. The number of rotatable bonds is 4. The second-order valence-corrected chi connectivity index (χ2v) is 3.89. The summed E-state index contributed by atoms with van der Waals surface area (Å²) >= 11 is 7.65. The van der Waals surface area contributed by atoms with E-state index in [1.807, 2.05) is 25.2 Å². The summed E-state index contributed by atoms with van der Waals surface area (Å²) in [5, 5.41) is 3.71. The molecule has 0 bridgehead atoms. The van der Waals surface area contributed by atoms with Crippen LogP contribution < -0.4 is 10.1 Å². The highest BCUT2D eigenvalue weighted by Crippen LogP contribution is 2.29. The minimum Gasteiger partial charge on any atom is -0.495 e. The Labute approximate surface area is 87.6 Å². The Hall–Kier alpha value is -0.380. The van der Waals surface area contributed by atoms with Crippen LogP contribution in [0.2, 0.25) is 5.02 Å². The second kappa shape index (κ2) is 5.37. The highest BCUT2D eigenvalue weighted by Gasteiger charge is 2.01. The van der Waals surface area contributed by atoms with E-state index < -0.39 is 0 Å². The SMILES string of the molecule is CNCSc1ccc(OC)c(Cl)c1. The average molecular weight is 218 g/mol. The fraction of sp³-hybridized carbons (Fsp3) is 0.333. The van der Waals surface area contributed by atoms with E-state index in [0.717, 1.165) is 16.5 Å². The molecule has 0 saturated heterocycles. The maximum atomic E-state index is 5.95. The van der Waals surface area contributed by atoms with Crippen molar-refractivity contribution in [3.8, 4) is 5.75 Å². The molecule has 0 atom stereocenters. The standard InChI is InChI=1S/C9H12ClNOS/c1-11-6-13-7-3-4-9(12-2)8(10)5-7/h3-5,11H,6H2,1-2H3. The maximum absolute atomic E-state index is 5.95. The molecule has 0 aliphatic carbocycles. The van der Waals surface area contributed by atoms with E-state index in [2.05, 4.69) is 5.32 Å². The lowest BCUT2D eigenvalue weighted by atomic mass is 10.3. The number of halogens is 1. The van der Waals surface area contributed by atoms with Gasteiger partial charge in [-0.05, 0) is 25.2 Å². The van der Waals surface area contributed by atoms with Crippen LogP contribution in [0.5, 0.6) is 5.75 Å². The Bertz CT molecular complexity index is 280. The molecular formula is C9H12ClNOS. The molecule has 0 fully saturated rings. The number of hydrogen-bond acceptors (Lipinski definition) is 3. The lowest BCUT2D eigenvalue weighted by molar-refractivity contribution is 0.414. The van der Waals surface area contributed by atoms with Gasteiger partial charge in [-0.1, -0.05) is 11.6 Å². The maximum Gasteiger partial charge on any atom is 0.137 e. The zero-order chi connectivity index (χ0) is 9.68. The van der Waals surface area contributed by atoms with Crippen LogP contribution >= 0.6 is 23.4 Å². The number of ether oxygens (including phenoxy) is 1. The first-order valence-corrected chi connectivity index (χ1v) is 5.25. The third kappa shape index (κ3) is 3.10. The average Bonchev–Trinajstić information content (AvgIpc) is 2.15. The lowest BCUT2D eigenvalue weighted by Crippen LogP contribution is -2.02. The summed E-state index contributed by atoms with van der Waals surface area (Å²) in [5.74, 6) is 1.60. The first-order chi connectivity index (χ1) is 6.27. The minimum absolute atomic E-state index is 0.656. The number of benzene rings is 1. The predicted molar refractivity (Wildman–Crippen MR) is 57.8 cm³/mol. The molecular weight excluding hydrogens is 206 g/mol. The third-order valence-electron chi connectivity index (χ3n) is 1.51. The van der Waals surface area contributed by atoms with Crippen molar-refractivity contribution in [3.05, 3.63) is 23.2 Å². The molecule has 1 N–H and O–H groups in total.